The fourth-order valence-electron chi connectivity index (χ4n) is 3.40. The van der Waals surface area contributed by atoms with Gasteiger partial charge in [-0.3, -0.25) is 14.2 Å². The number of aryl methyl sites for hydroxylation is 2. The number of carbonyl (C=O) groups is 1. The van der Waals surface area contributed by atoms with Gasteiger partial charge in [-0.15, -0.1) is 0 Å². The number of aromatic nitrogens is 2. The first-order valence-corrected chi connectivity index (χ1v) is 8.41. The molecule has 0 spiro atoms. The standard InChI is InChI=1S/C20H17FN2O2/c21-16-7-8-17-18(10-16)22-12-23(20(17)25)11-19(24)15-6-5-13-3-1-2-4-14(13)9-15/h5-10,12H,1-4,11H2. The SMILES string of the molecule is O=C(Cn1cnc2cc(F)ccc2c1=O)c1ccc2c(c1)CCCC2. The summed E-state index contributed by atoms with van der Waals surface area (Å²) < 4.78 is 14.5. The third kappa shape index (κ3) is 2.97. The third-order valence-corrected chi connectivity index (χ3v) is 4.77. The van der Waals surface area contributed by atoms with Gasteiger partial charge >= 0.3 is 0 Å². The second kappa shape index (κ2) is 6.24. The van der Waals surface area contributed by atoms with Gasteiger partial charge in [-0.1, -0.05) is 12.1 Å². The molecule has 0 bridgehead atoms. The molecule has 5 heteroatoms. The maximum Gasteiger partial charge on any atom is 0.261 e. The Kier molecular flexibility index (Phi) is 3.92. The van der Waals surface area contributed by atoms with Gasteiger partial charge in [0.25, 0.3) is 5.56 Å². The second-order valence-corrected chi connectivity index (χ2v) is 6.45. The minimum Gasteiger partial charge on any atom is -0.292 e. The van der Waals surface area contributed by atoms with E-state index < -0.39 is 5.82 Å². The topological polar surface area (TPSA) is 52.0 Å². The van der Waals surface area contributed by atoms with Crippen molar-refractivity contribution in [1.82, 2.24) is 9.55 Å². The van der Waals surface area contributed by atoms with E-state index in [9.17, 15) is 14.0 Å². The summed E-state index contributed by atoms with van der Waals surface area (Å²) in [4.78, 5) is 29.2. The van der Waals surface area contributed by atoms with Gasteiger partial charge in [0, 0.05) is 11.6 Å². The summed E-state index contributed by atoms with van der Waals surface area (Å²) in [6.45, 7) is -0.0715. The summed E-state index contributed by atoms with van der Waals surface area (Å²) in [6.07, 6.45) is 5.71. The molecular formula is C20H17FN2O2. The fraction of sp³-hybridized carbons (Fsp3) is 0.250. The maximum atomic E-state index is 13.2. The number of rotatable bonds is 3. The lowest BCUT2D eigenvalue weighted by molar-refractivity contribution is 0.0970. The highest BCUT2D eigenvalue weighted by Gasteiger charge is 2.14. The van der Waals surface area contributed by atoms with Gasteiger partial charge in [0.2, 0.25) is 0 Å². The summed E-state index contributed by atoms with van der Waals surface area (Å²) in [6, 6.07) is 9.65. The van der Waals surface area contributed by atoms with Crippen molar-refractivity contribution in [1.29, 1.82) is 0 Å². The van der Waals surface area contributed by atoms with Crippen molar-refractivity contribution < 1.29 is 9.18 Å². The van der Waals surface area contributed by atoms with Crippen LogP contribution < -0.4 is 5.56 Å². The number of hydrogen-bond donors (Lipinski definition) is 0. The molecule has 0 N–H and O–H groups in total. The molecule has 1 aliphatic carbocycles. The average molecular weight is 336 g/mol. The van der Waals surface area contributed by atoms with Crippen molar-refractivity contribution in [2.24, 2.45) is 0 Å². The molecule has 3 aromatic rings. The van der Waals surface area contributed by atoms with Crippen molar-refractivity contribution in [2.45, 2.75) is 32.2 Å². The fourth-order valence-corrected chi connectivity index (χ4v) is 3.40. The monoisotopic (exact) mass is 336 g/mol. The molecule has 1 aliphatic rings. The van der Waals surface area contributed by atoms with E-state index in [0.717, 1.165) is 19.3 Å². The molecule has 0 saturated heterocycles. The van der Waals surface area contributed by atoms with Gasteiger partial charge in [0.1, 0.15) is 5.82 Å². The molecule has 0 unspecified atom stereocenters. The molecule has 4 nitrogen and oxygen atoms in total. The van der Waals surface area contributed by atoms with E-state index in [1.54, 1.807) is 0 Å². The number of halogens is 1. The highest BCUT2D eigenvalue weighted by Crippen LogP contribution is 2.22. The summed E-state index contributed by atoms with van der Waals surface area (Å²) in [5, 5.41) is 0.308. The molecule has 1 heterocycles. The first kappa shape index (κ1) is 15.7. The summed E-state index contributed by atoms with van der Waals surface area (Å²) >= 11 is 0. The van der Waals surface area contributed by atoms with Crippen LogP contribution in [0.5, 0.6) is 0 Å². The number of hydrogen-bond acceptors (Lipinski definition) is 3. The summed E-state index contributed by atoms with van der Waals surface area (Å²) in [5.74, 6) is -0.568. The predicted octanol–water partition coefficient (Wildman–Crippen LogP) is 3.30. The van der Waals surface area contributed by atoms with E-state index in [0.29, 0.717) is 16.5 Å². The number of Topliss-reactive ketones (excluding diaryl/α,β-unsaturated/α-hetero) is 1. The summed E-state index contributed by atoms with van der Waals surface area (Å²) in [5.41, 5.74) is 3.12. The number of ketones is 1. The van der Waals surface area contributed by atoms with Gasteiger partial charge in [0.15, 0.2) is 5.78 Å². The molecular weight excluding hydrogens is 319 g/mol. The van der Waals surface area contributed by atoms with Crippen molar-refractivity contribution in [3.63, 3.8) is 0 Å². The Morgan fingerprint density at radius 2 is 1.88 bits per heavy atom. The normalized spacial score (nSPS) is 13.6. The van der Waals surface area contributed by atoms with Crippen LogP contribution in [0.25, 0.3) is 10.9 Å². The maximum absolute atomic E-state index is 13.2. The average Bonchev–Trinajstić information content (AvgIpc) is 2.63. The Hall–Kier alpha value is -2.82. The Balaban J connectivity index is 1.65. The molecule has 25 heavy (non-hydrogen) atoms. The van der Waals surface area contributed by atoms with Crippen molar-refractivity contribution in [3.05, 3.63) is 75.6 Å². The molecule has 0 aliphatic heterocycles. The van der Waals surface area contributed by atoms with Gasteiger partial charge < -0.3 is 0 Å². The van der Waals surface area contributed by atoms with Crippen LogP contribution >= 0.6 is 0 Å². The van der Waals surface area contributed by atoms with Crippen LogP contribution in [0.2, 0.25) is 0 Å². The van der Waals surface area contributed by atoms with Crippen LogP contribution in [0.3, 0.4) is 0 Å². The van der Waals surface area contributed by atoms with Gasteiger partial charge in [-0.05, 0) is 55.0 Å². The van der Waals surface area contributed by atoms with E-state index in [-0.39, 0.29) is 17.9 Å². The Morgan fingerprint density at radius 1 is 1.08 bits per heavy atom. The van der Waals surface area contributed by atoms with Gasteiger partial charge in [-0.25, -0.2) is 9.37 Å². The quantitative estimate of drug-likeness (QED) is 0.690. The largest absolute Gasteiger partial charge is 0.292 e. The highest BCUT2D eigenvalue weighted by molar-refractivity contribution is 5.96. The van der Waals surface area contributed by atoms with E-state index in [1.807, 2.05) is 18.2 Å². The van der Waals surface area contributed by atoms with E-state index in [1.165, 1.54) is 46.6 Å². The Bertz CT molecular complexity index is 1040. The van der Waals surface area contributed by atoms with Crippen LogP contribution in [-0.2, 0) is 19.4 Å². The van der Waals surface area contributed by atoms with Crippen LogP contribution in [-0.4, -0.2) is 15.3 Å². The van der Waals surface area contributed by atoms with Gasteiger partial charge in [0.05, 0.1) is 23.8 Å². The third-order valence-electron chi connectivity index (χ3n) is 4.77. The number of benzene rings is 2. The minimum atomic E-state index is -0.442. The first-order chi connectivity index (χ1) is 12.1. The highest BCUT2D eigenvalue weighted by atomic mass is 19.1. The first-order valence-electron chi connectivity index (χ1n) is 8.41. The molecule has 0 saturated carbocycles. The Labute approximate surface area is 143 Å². The number of nitrogens with zero attached hydrogens (tertiary/aromatic N) is 2. The van der Waals surface area contributed by atoms with Crippen LogP contribution in [0, 0.1) is 5.82 Å². The number of fused-ring (bicyclic) bond motifs is 2. The smallest absolute Gasteiger partial charge is 0.261 e. The molecule has 0 fully saturated rings. The van der Waals surface area contributed by atoms with E-state index in [4.69, 9.17) is 0 Å². The predicted molar refractivity (Wildman–Crippen MR) is 93.4 cm³/mol. The van der Waals surface area contributed by atoms with Crippen LogP contribution in [0.4, 0.5) is 4.39 Å². The lowest BCUT2D eigenvalue weighted by Gasteiger charge is -2.16. The lowest BCUT2D eigenvalue weighted by Crippen LogP contribution is -2.25. The minimum absolute atomic E-state index is 0.0715. The van der Waals surface area contributed by atoms with E-state index in [2.05, 4.69) is 4.98 Å². The summed E-state index contributed by atoms with van der Waals surface area (Å²) in [7, 11) is 0. The van der Waals surface area contributed by atoms with Crippen molar-refractivity contribution >= 4 is 16.7 Å². The Morgan fingerprint density at radius 3 is 2.72 bits per heavy atom. The zero-order valence-corrected chi connectivity index (χ0v) is 13.7. The zero-order chi connectivity index (χ0) is 17.4. The van der Waals surface area contributed by atoms with Crippen LogP contribution in [0.15, 0.2) is 47.5 Å². The molecule has 126 valence electrons. The molecule has 2 aromatic carbocycles. The molecule has 0 amide bonds. The van der Waals surface area contributed by atoms with Crippen molar-refractivity contribution in [3.8, 4) is 0 Å². The van der Waals surface area contributed by atoms with Crippen molar-refractivity contribution in [2.75, 3.05) is 0 Å². The molecule has 4 rings (SSSR count). The molecule has 0 atom stereocenters. The number of carbonyl (C=O) groups excluding carboxylic acids is 1. The molecule has 1 aromatic heterocycles. The lowest BCUT2D eigenvalue weighted by atomic mass is 9.90. The van der Waals surface area contributed by atoms with Gasteiger partial charge in [-0.2, -0.15) is 0 Å². The zero-order valence-electron chi connectivity index (χ0n) is 13.7. The van der Waals surface area contributed by atoms with E-state index >= 15 is 0 Å². The van der Waals surface area contributed by atoms with Crippen LogP contribution in [0.1, 0.15) is 34.3 Å². The second-order valence-electron chi connectivity index (χ2n) is 6.45. The molecule has 0 radical (unpaired) electrons.